The highest BCUT2D eigenvalue weighted by Crippen LogP contribution is 1.90. The number of aliphatic hydroxyl groups is 1. The van der Waals surface area contributed by atoms with E-state index < -0.39 is 0 Å². The molecule has 1 radical (unpaired) electrons. The second kappa shape index (κ2) is 3.79. The van der Waals surface area contributed by atoms with E-state index in [1.807, 2.05) is 0 Å². The third kappa shape index (κ3) is 1.99. The second-order valence-electron chi connectivity index (χ2n) is 1.66. The van der Waals surface area contributed by atoms with Gasteiger partial charge in [0.2, 0.25) is 5.95 Å². The quantitative estimate of drug-likeness (QED) is 0.601. The molecule has 4 nitrogen and oxygen atoms in total. The van der Waals surface area contributed by atoms with Crippen LogP contribution in [0, 0.1) is 6.20 Å². The van der Waals surface area contributed by atoms with Gasteiger partial charge in [-0.1, -0.05) is 0 Å². The normalized spacial score (nSPS) is 9.30. The van der Waals surface area contributed by atoms with Crippen LogP contribution in [0.4, 0.5) is 5.95 Å². The molecule has 0 spiro atoms. The van der Waals surface area contributed by atoms with Gasteiger partial charge in [0.05, 0.1) is 12.8 Å². The Labute approximate surface area is 58.9 Å². The van der Waals surface area contributed by atoms with Gasteiger partial charge in [-0.15, -0.1) is 0 Å². The van der Waals surface area contributed by atoms with Crippen molar-refractivity contribution in [1.29, 1.82) is 0 Å². The lowest BCUT2D eigenvalue weighted by Crippen LogP contribution is -2.07. The topological polar surface area (TPSA) is 58.0 Å². The summed E-state index contributed by atoms with van der Waals surface area (Å²) in [7, 11) is 0. The number of rotatable bonds is 3. The fourth-order valence-corrected chi connectivity index (χ4v) is 0.521. The third-order valence-corrected chi connectivity index (χ3v) is 0.911. The van der Waals surface area contributed by atoms with Crippen LogP contribution in [0.2, 0.25) is 0 Å². The minimum absolute atomic E-state index is 0.0816. The Hall–Kier alpha value is -1.16. The standard InChI is InChI=1S/C6H8N3O/c10-5-4-9-6-7-2-1-3-8-6/h1-2,10H,4-5H2,(H,7,8,9). The molecule has 0 aliphatic rings. The zero-order chi connectivity index (χ0) is 7.23. The molecule has 0 atom stereocenters. The van der Waals surface area contributed by atoms with E-state index in [0.29, 0.717) is 12.5 Å². The number of aliphatic hydroxyl groups excluding tert-OH is 1. The van der Waals surface area contributed by atoms with Gasteiger partial charge >= 0.3 is 0 Å². The summed E-state index contributed by atoms with van der Waals surface area (Å²) in [6.07, 6.45) is 4.20. The van der Waals surface area contributed by atoms with Crippen LogP contribution >= 0.6 is 0 Å². The summed E-state index contributed by atoms with van der Waals surface area (Å²) in [4.78, 5) is 7.61. The second-order valence-corrected chi connectivity index (χ2v) is 1.66. The third-order valence-electron chi connectivity index (χ3n) is 0.911. The number of anilines is 1. The van der Waals surface area contributed by atoms with Gasteiger partial charge in [-0.25, -0.2) is 9.97 Å². The number of hydrogen-bond acceptors (Lipinski definition) is 4. The molecule has 0 saturated carbocycles. The molecule has 53 valence electrons. The van der Waals surface area contributed by atoms with Crippen molar-refractivity contribution < 1.29 is 5.11 Å². The zero-order valence-electron chi connectivity index (χ0n) is 5.41. The summed E-state index contributed by atoms with van der Waals surface area (Å²) in [6, 6.07) is 1.62. The van der Waals surface area contributed by atoms with Crippen molar-refractivity contribution in [2.75, 3.05) is 18.5 Å². The molecule has 0 fully saturated rings. The van der Waals surface area contributed by atoms with Crippen LogP contribution in [0.25, 0.3) is 0 Å². The van der Waals surface area contributed by atoms with E-state index in [1.165, 1.54) is 0 Å². The monoisotopic (exact) mass is 138 g/mol. The van der Waals surface area contributed by atoms with Gasteiger partial charge in [0.15, 0.2) is 0 Å². The Kier molecular flexibility index (Phi) is 2.63. The number of aromatic nitrogens is 2. The van der Waals surface area contributed by atoms with Crippen LogP contribution in [-0.2, 0) is 0 Å². The van der Waals surface area contributed by atoms with E-state index in [1.54, 1.807) is 12.3 Å². The van der Waals surface area contributed by atoms with E-state index in [-0.39, 0.29) is 6.61 Å². The summed E-state index contributed by atoms with van der Waals surface area (Å²) >= 11 is 0. The smallest absolute Gasteiger partial charge is 0.223 e. The van der Waals surface area contributed by atoms with Crippen molar-refractivity contribution in [3.05, 3.63) is 18.5 Å². The summed E-state index contributed by atoms with van der Waals surface area (Å²) in [5, 5.41) is 11.2. The van der Waals surface area contributed by atoms with Crippen molar-refractivity contribution in [2.45, 2.75) is 0 Å². The van der Waals surface area contributed by atoms with Crippen molar-refractivity contribution in [1.82, 2.24) is 9.97 Å². The Balaban J connectivity index is 2.43. The highest BCUT2D eigenvalue weighted by Gasteiger charge is 1.88. The maximum absolute atomic E-state index is 8.40. The van der Waals surface area contributed by atoms with Gasteiger partial charge in [0.1, 0.15) is 0 Å². The molecule has 1 aromatic heterocycles. The van der Waals surface area contributed by atoms with Gasteiger partial charge in [-0.05, 0) is 6.07 Å². The van der Waals surface area contributed by atoms with Crippen LogP contribution in [0.1, 0.15) is 0 Å². The van der Waals surface area contributed by atoms with Crippen LogP contribution in [0.5, 0.6) is 0 Å². The number of nitrogens with one attached hydrogen (secondary N) is 1. The molecular formula is C6H8N3O. The Morgan fingerprint density at radius 3 is 3.20 bits per heavy atom. The zero-order valence-corrected chi connectivity index (χ0v) is 5.41. The van der Waals surface area contributed by atoms with Crippen LogP contribution in [0.3, 0.4) is 0 Å². The minimum Gasteiger partial charge on any atom is -0.395 e. The molecular weight excluding hydrogens is 130 g/mol. The van der Waals surface area contributed by atoms with Crippen LogP contribution < -0.4 is 5.32 Å². The fraction of sp³-hybridized carbons (Fsp3) is 0.333. The molecule has 0 bridgehead atoms. The molecule has 1 heterocycles. The fourth-order valence-electron chi connectivity index (χ4n) is 0.521. The van der Waals surface area contributed by atoms with Crippen molar-refractivity contribution >= 4 is 5.95 Å². The Morgan fingerprint density at radius 1 is 1.70 bits per heavy atom. The largest absolute Gasteiger partial charge is 0.395 e. The lowest BCUT2D eigenvalue weighted by molar-refractivity contribution is 0.311. The lowest BCUT2D eigenvalue weighted by atomic mass is 10.6. The van der Waals surface area contributed by atoms with Crippen molar-refractivity contribution in [3.8, 4) is 0 Å². The first-order valence-corrected chi connectivity index (χ1v) is 2.97. The van der Waals surface area contributed by atoms with E-state index in [2.05, 4.69) is 21.5 Å². The molecule has 0 saturated heterocycles. The van der Waals surface area contributed by atoms with Gasteiger partial charge in [0.25, 0.3) is 0 Å². The summed E-state index contributed by atoms with van der Waals surface area (Å²) < 4.78 is 0. The summed E-state index contributed by atoms with van der Waals surface area (Å²) in [5.41, 5.74) is 0. The Morgan fingerprint density at radius 2 is 2.60 bits per heavy atom. The molecule has 2 N–H and O–H groups in total. The maximum atomic E-state index is 8.40. The molecule has 10 heavy (non-hydrogen) atoms. The molecule has 1 rings (SSSR count). The van der Waals surface area contributed by atoms with Gasteiger partial charge in [-0.2, -0.15) is 0 Å². The maximum Gasteiger partial charge on any atom is 0.223 e. The molecule has 0 aromatic carbocycles. The number of nitrogens with zero attached hydrogens (tertiary/aromatic N) is 2. The lowest BCUT2D eigenvalue weighted by Gasteiger charge is -1.98. The SMILES string of the molecule is OCCNc1n[c]ccn1. The first kappa shape index (κ1) is 6.95. The predicted molar refractivity (Wildman–Crippen MR) is 36.4 cm³/mol. The van der Waals surface area contributed by atoms with E-state index in [4.69, 9.17) is 5.11 Å². The molecule has 0 aliphatic carbocycles. The molecule has 0 amide bonds. The van der Waals surface area contributed by atoms with Gasteiger partial charge in [-0.3, -0.25) is 0 Å². The molecule has 0 aliphatic heterocycles. The average molecular weight is 138 g/mol. The first-order valence-electron chi connectivity index (χ1n) is 2.97. The van der Waals surface area contributed by atoms with E-state index in [0.717, 1.165) is 0 Å². The van der Waals surface area contributed by atoms with Crippen molar-refractivity contribution in [3.63, 3.8) is 0 Å². The first-order chi connectivity index (χ1) is 4.93. The average Bonchev–Trinajstić information content (AvgIpc) is 2.03. The van der Waals surface area contributed by atoms with Crippen LogP contribution in [0.15, 0.2) is 12.3 Å². The number of hydrogen-bond donors (Lipinski definition) is 2. The molecule has 0 unspecified atom stereocenters. The Bertz CT molecular complexity index is 178. The molecule has 4 heteroatoms. The van der Waals surface area contributed by atoms with Gasteiger partial charge in [0, 0.05) is 12.7 Å². The highest BCUT2D eigenvalue weighted by molar-refractivity contribution is 5.21. The van der Waals surface area contributed by atoms with Crippen LogP contribution in [-0.4, -0.2) is 28.2 Å². The van der Waals surface area contributed by atoms with E-state index in [9.17, 15) is 0 Å². The minimum atomic E-state index is 0.0816. The molecule has 1 aromatic rings. The van der Waals surface area contributed by atoms with E-state index >= 15 is 0 Å². The van der Waals surface area contributed by atoms with Crippen molar-refractivity contribution in [2.24, 2.45) is 0 Å². The summed E-state index contributed by atoms with van der Waals surface area (Å²) in [6.45, 7) is 0.552. The predicted octanol–water partition coefficient (Wildman–Crippen LogP) is -0.319. The summed E-state index contributed by atoms with van der Waals surface area (Å²) in [5.74, 6) is 0.497. The highest BCUT2D eigenvalue weighted by atomic mass is 16.3. The van der Waals surface area contributed by atoms with Gasteiger partial charge < -0.3 is 10.4 Å².